The zero-order valence-corrected chi connectivity index (χ0v) is 13.7. The predicted molar refractivity (Wildman–Crippen MR) is 82.5 cm³/mol. The molecule has 0 saturated carbocycles. The van der Waals surface area contributed by atoms with Gasteiger partial charge in [-0.25, -0.2) is 17.6 Å². The van der Waals surface area contributed by atoms with Crippen molar-refractivity contribution in [2.75, 3.05) is 26.2 Å². The quantitative estimate of drug-likeness (QED) is 0.843. The average molecular weight is 360 g/mol. The number of benzene rings is 1. The average Bonchev–Trinajstić information content (AvgIpc) is 2.58. The molecule has 2 aliphatic rings. The van der Waals surface area contributed by atoms with Crippen LogP contribution in [0.5, 0.6) is 5.75 Å². The minimum atomic E-state index is -1.84. The van der Waals surface area contributed by atoms with Gasteiger partial charge in [-0.05, 0) is 13.1 Å². The summed E-state index contributed by atoms with van der Waals surface area (Å²) in [5, 5.41) is 3.02. The van der Waals surface area contributed by atoms with Gasteiger partial charge >= 0.3 is 0 Å². The van der Waals surface area contributed by atoms with Crippen molar-refractivity contribution in [3.8, 4) is 5.75 Å². The Hall–Kier alpha value is -1.83. The minimum absolute atomic E-state index is 0.147. The summed E-state index contributed by atoms with van der Waals surface area (Å²) in [6.07, 6.45) is 0.442. The molecule has 0 spiro atoms. The fraction of sp³-hybridized carbons (Fsp3) is 0.588. The summed E-state index contributed by atoms with van der Waals surface area (Å²) in [6, 6.07) is 1.11. The number of hydrogen-bond donors (Lipinski definition) is 1. The molecule has 2 fully saturated rings. The van der Waals surface area contributed by atoms with Crippen molar-refractivity contribution in [3.63, 3.8) is 0 Å². The third kappa shape index (κ3) is 3.89. The summed E-state index contributed by atoms with van der Waals surface area (Å²) in [6.45, 7) is 1.44. The molecule has 1 aromatic carbocycles. The van der Waals surface area contributed by atoms with Crippen LogP contribution in [0.15, 0.2) is 12.1 Å². The number of halogens is 4. The molecule has 2 heterocycles. The molecule has 1 N–H and O–H groups in total. The van der Waals surface area contributed by atoms with E-state index >= 15 is 0 Å². The summed E-state index contributed by atoms with van der Waals surface area (Å²) in [5.41, 5.74) is -1.84. The van der Waals surface area contributed by atoms with Gasteiger partial charge in [-0.15, -0.1) is 0 Å². The molecule has 25 heavy (non-hydrogen) atoms. The van der Waals surface area contributed by atoms with Crippen LogP contribution in [0.25, 0.3) is 0 Å². The largest absolute Gasteiger partial charge is 0.484 e. The third-order valence-electron chi connectivity index (χ3n) is 4.76. The normalized spacial score (nSPS) is 21.2. The molecule has 0 aliphatic carbocycles. The van der Waals surface area contributed by atoms with Crippen LogP contribution < -0.4 is 10.1 Å². The lowest BCUT2D eigenvalue weighted by Gasteiger charge is -2.38. The zero-order chi connectivity index (χ0) is 18.0. The van der Waals surface area contributed by atoms with Gasteiger partial charge in [-0.3, -0.25) is 4.79 Å². The molecule has 1 aromatic rings. The van der Waals surface area contributed by atoms with Crippen LogP contribution in [0.2, 0.25) is 0 Å². The highest BCUT2D eigenvalue weighted by atomic mass is 19.2. The standard InChI is InChI=1S/C17H20F4N2O2/c18-11-9-13(19)15(14(20)10-11)25-12-1-7-23(8-2-12)16(24)17(21)3-5-22-6-4-17/h9-10,12,22H,1-8H2. The number of carbonyl (C=O) groups excluding carboxylic acids is 1. The molecule has 2 aliphatic heterocycles. The number of nitrogens with zero attached hydrogens (tertiary/aromatic N) is 1. The summed E-state index contributed by atoms with van der Waals surface area (Å²) in [5.74, 6) is -4.36. The second kappa shape index (κ2) is 7.19. The highest BCUT2D eigenvalue weighted by molar-refractivity contribution is 5.85. The molecule has 2 saturated heterocycles. The van der Waals surface area contributed by atoms with Crippen molar-refractivity contribution in [1.29, 1.82) is 0 Å². The van der Waals surface area contributed by atoms with Crippen molar-refractivity contribution >= 4 is 5.91 Å². The van der Waals surface area contributed by atoms with E-state index in [0.29, 0.717) is 38.1 Å². The van der Waals surface area contributed by atoms with E-state index in [1.165, 1.54) is 4.90 Å². The van der Waals surface area contributed by atoms with Crippen LogP contribution in [0, 0.1) is 17.5 Å². The molecule has 0 aromatic heterocycles. The monoisotopic (exact) mass is 360 g/mol. The first kappa shape index (κ1) is 18.0. The Kier molecular flexibility index (Phi) is 5.17. The first-order valence-corrected chi connectivity index (χ1v) is 8.39. The van der Waals surface area contributed by atoms with Crippen LogP contribution in [-0.4, -0.2) is 48.8 Å². The molecule has 138 valence electrons. The van der Waals surface area contributed by atoms with Crippen LogP contribution in [0.4, 0.5) is 17.6 Å². The van der Waals surface area contributed by atoms with E-state index in [1.807, 2.05) is 0 Å². The molecule has 8 heteroatoms. The van der Waals surface area contributed by atoms with E-state index in [-0.39, 0.29) is 25.9 Å². The number of amides is 1. The second-order valence-corrected chi connectivity index (χ2v) is 6.52. The number of rotatable bonds is 3. The number of nitrogens with one attached hydrogen (secondary N) is 1. The Balaban J connectivity index is 1.58. The molecule has 4 nitrogen and oxygen atoms in total. The molecule has 1 amide bonds. The van der Waals surface area contributed by atoms with Gasteiger partial charge < -0.3 is 15.0 Å². The SMILES string of the molecule is O=C(N1CCC(Oc2c(F)cc(F)cc2F)CC1)C1(F)CCNCC1. The molecular formula is C17H20F4N2O2. The first-order chi connectivity index (χ1) is 11.9. The van der Waals surface area contributed by atoms with E-state index in [4.69, 9.17) is 4.74 Å². The summed E-state index contributed by atoms with van der Waals surface area (Å²) in [4.78, 5) is 13.9. The zero-order valence-electron chi connectivity index (χ0n) is 13.7. The van der Waals surface area contributed by atoms with Crippen molar-refractivity contribution < 1.29 is 27.1 Å². The topological polar surface area (TPSA) is 41.6 Å². The number of likely N-dealkylation sites (tertiary alicyclic amines) is 1. The van der Waals surface area contributed by atoms with Gasteiger partial charge in [0.2, 0.25) is 0 Å². The van der Waals surface area contributed by atoms with Crippen molar-refractivity contribution in [3.05, 3.63) is 29.6 Å². The number of alkyl halides is 1. The minimum Gasteiger partial charge on any atom is -0.484 e. The Labute approximate surface area is 143 Å². The lowest BCUT2D eigenvalue weighted by Crippen LogP contribution is -2.54. The van der Waals surface area contributed by atoms with Gasteiger partial charge in [0.15, 0.2) is 23.1 Å². The van der Waals surface area contributed by atoms with Gasteiger partial charge in [0.05, 0.1) is 0 Å². The van der Waals surface area contributed by atoms with E-state index < -0.39 is 40.9 Å². The number of carbonyl (C=O) groups is 1. The predicted octanol–water partition coefficient (Wildman–Crippen LogP) is 2.57. The molecule has 0 bridgehead atoms. The number of hydrogen-bond acceptors (Lipinski definition) is 3. The number of ether oxygens (including phenoxy) is 1. The van der Waals surface area contributed by atoms with Gasteiger partial charge in [-0.1, -0.05) is 0 Å². The fourth-order valence-corrected chi connectivity index (χ4v) is 3.31. The lowest BCUT2D eigenvalue weighted by atomic mass is 9.92. The molecular weight excluding hydrogens is 340 g/mol. The maximum Gasteiger partial charge on any atom is 0.260 e. The van der Waals surface area contributed by atoms with Crippen molar-refractivity contribution in [2.24, 2.45) is 0 Å². The van der Waals surface area contributed by atoms with Crippen LogP contribution in [0.1, 0.15) is 25.7 Å². The molecule has 3 rings (SSSR count). The van der Waals surface area contributed by atoms with E-state index in [0.717, 1.165) is 0 Å². The van der Waals surface area contributed by atoms with Gasteiger partial charge in [-0.2, -0.15) is 0 Å². The molecule has 0 unspecified atom stereocenters. The smallest absolute Gasteiger partial charge is 0.260 e. The van der Waals surface area contributed by atoms with Crippen molar-refractivity contribution in [1.82, 2.24) is 10.2 Å². The van der Waals surface area contributed by atoms with E-state index in [9.17, 15) is 22.4 Å². The van der Waals surface area contributed by atoms with Crippen molar-refractivity contribution in [2.45, 2.75) is 37.5 Å². The molecule has 0 radical (unpaired) electrons. The van der Waals surface area contributed by atoms with E-state index in [1.54, 1.807) is 0 Å². The summed E-state index contributed by atoms with van der Waals surface area (Å²) >= 11 is 0. The highest BCUT2D eigenvalue weighted by Crippen LogP contribution is 2.29. The Morgan fingerprint density at radius 1 is 1.12 bits per heavy atom. The second-order valence-electron chi connectivity index (χ2n) is 6.52. The van der Waals surface area contributed by atoms with Crippen LogP contribution in [-0.2, 0) is 4.79 Å². The fourth-order valence-electron chi connectivity index (χ4n) is 3.31. The maximum absolute atomic E-state index is 14.7. The van der Waals surface area contributed by atoms with Gasteiger partial charge in [0.1, 0.15) is 11.9 Å². The summed E-state index contributed by atoms with van der Waals surface area (Å²) < 4.78 is 60.3. The third-order valence-corrected chi connectivity index (χ3v) is 4.76. The maximum atomic E-state index is 14.7. The first-order valence-electron chi connectivity index (χ1n) is 8.39. The lowest BCUT2D eigenvalue weighted by molar-refractivity contribution is -0.147. The molecule has 0 atom stereocenters. The van der Waals surface area contributed by atoms with Crippen LogP contribution in [0.3, 0.4) is 0 Å². The van der Waals surface area contributed by atoms with Gasteiger partial charge in [0, 0.05) is 50.9 Å². The Morgan fingerprint density at radius 3 is 2.24 bits per heavy atom. The Bertz CT molecular complexity index is 619. The Morgan fingerprint density at radius 2 is 1.68 bits per heavy atom. The highest BCUT2D eigenvalue weighted by Gasteiger charge is 2.43. The van der Waals surface area contributed by atoms with E-state index in [2.05, 4.69) is 5.32 Å². The number of piperidine rings is 2. The van der Waals surface area contributed by atoms with Crippen LogP contribution >= 0.6 is 0 Å². The summed E-state index contributed by atoms with van der Waals surface area (Å²) in [7, 11) is 0. The van der Waals surface area contributed by atoms with Gasteiger partial charge in [0.25, 0.3) is 5.91 Å².